The molecule has 0 fully saturated rings. The first-order valence-electron chi connectivity index (χ1n) is 11.4. The van der Waals surface area contributed by atoms with Crippen LogP contribution in [0.2, 0.25) is 0 Å². The highest BCUT2D eigenvalue weighted by molar-refractivity contribution is 6.00. The highest BCUT2D eigenvalue weighted by Gasteiger charge is 2.05. The van der Waals surface area contributed by atoms with E-state index in [0.29, 0.717) is 5.56 Å². The Balaban J connectivity index is 1.36. The minimum Gasteiger partial charge on any atom is -0.494 e. The molecule has 3 rings (SSSR count). The smallest absolute Gasteiger partial charge is 0.271 e. The lowest BCUT2D eigenvalue weighted by Gasteiger charge is -2.07. The van der Waals surface area contributed by atoms with Gasteiger partial charge in [-0.2, -0.15) is 5.10 Å². The molecule has 0 bridgehead atoms. The van der Waals surface area contributed by atoms with Crippen molar-refractivity contribution in [3.8, 4) is 5.75 Å². The number of para-hydroxylation sites is 1. The first-order chi connectivity index (χ1) is 15.3. The van der Waals surface area contributed by atoms with Crippen molar-refractivity contribution in [1.82, 2.24) is 10.4 Å². The van der Waals surface area contributed by atoms with Gasteiger partial charge in [0.15, 0.2) is 0 Å². The molecule has 2 aromatic carbocycles. The third-order valence-electron chi connectivity index (χ3n) is 5.37. The molecule has 0 saturated heterocycles. The van der Waals surface area contributed by atoms with E-state index in [0.717, 1.165) is 35.2 Å². The highest BCUT2D eigenvalue weighted by atomic mass is 16.5. The third-order valence-corrected chi connectivity index (χ3v) is 5.37. The maximum atomic E-state index is 12.3. The Labute approximate surface area is 184 Å². The number of hydrogen-bond acceptors (Lipinski definition) is 3. The molecule has 31 heavy (non-hydrogen) atoms. The SMILES string of the molecule is CCCCCCCCCCOc1ccc(C(=O)NN=Cc2c[nH]c3ccccc23)cc1. The second kappa shape index (κ2) is 12.6. The minimum absolute atomic E-state index is 0.245. The largest absolute Gasteiger partial charge is 0.494 e. The molecule has 0 atom stereocenters. The summed E-state index contributed by atoms with van der Waals surface area (Å²) in [6.45, 7) is 2.96. The van der Waals surface area contributed by atoms with Gasteiger partial charge in [-0.3, -0.25) is 4.79 Å². The summed E-state index contributed by atoms with van der Waals surface area (Å²) in [6.07, 6.45) is 13.8. The third kappa shape index (κ3) is 7.28. The van der Waals surface area contributed by atoms with E-state index < -0.39 is 0 Å². The zero-order valence-electron chi connectivity index (χ0n) is 18.4. The standard InChI is InChI=1S/C26H33N3O2/c1-2-3-4-5-6-7-8-11-18-31-23-16-14-21(15-17-23)26(30)29-28-20-22-19-27-25-13-10-9-12-24(22)25/h9-10,12-17,19-20,27H,2-8,11,18H2,1H3,(H,29,30). The van der Waals surface area contributed by atoms with Crippen molar-refractivity contribution in [2.45, 2.75) is 58.3 Å². The van der Waals surface area contributed by atoms with Gasteiger partial charge in [0.05, 0.1) is 12.8 Å². The maximum absolute atomic E-state index is 12.3. The van der Waals surface area contributed by atoms with E-state index in [2.05, 4.69) is 22.4 Å². The number of fused-ring (bicyclic) bond motifs is 1. The van der Waals surface area contributed by atoms with Crippen molar-refractivity contribution < 1.29 is 9.53 Å². The molecule has 0 saturated carbocycles. The van der Waals surface area contributed by atoms with Gasteiger partial charge in [0, 0.05) is 28.2 Å². The minimum atomic E-state index is -0.245. The molecular weight excluding hydrogens is 386 g/mol. The Kier molecular flexibility index (Phi) is 9.17. The Hall–Kier alpha value is -3.08. The summed E-state index contributed by atoms with van der Waals surface area (Å²) in [4.78, 5) is 15.5. The van der Waals surface area contributed by atoms with Crippen molar-refractivity contribution in [2.75, 3.05) is 6.61 Å². The monoisotopic (exact) mass is 419 g/mol. The van der Waals surface area contributed by atoms with E-state index >= 15 is 0 Å². The number of aromatic amines is 1. The lowest BCUT2D eigenvalue weighted by atomic mass is 10.1. The number of amides is 1. The number of aromatic nitrogens is 1. The predicted octanol–water partition coefficient (Wildman–Crippen LogP) is 6.45. The second-order valence-electron chi connectivity index (χ2n) is 7.84. The molecule has 5 nitrogen and oxygen atoms in total. The van der Waals surface area contributed by atoms with Crippen LogP contribution < -0.4 is 10.2 Å². The van der Waals surface area contributed by atoms with Gasteiger partial charge in [-0.25, -0.2) is 5.43 Å². The molecule has 164 valence electrons. The maximum Gasteiger partial charge on any atom is 0.271 e. The average molecular weight is 420 g/mol. The first kappa shape index (κ1) is 22.6. The predicted molar refractivity (Wildman–Crippen MR) is 128 cm³/mol. The van der Waals surface area contributed by atoms with Crippen LogP contribution in [-0.4, -0.2) is 23.7 Å². The summed E-state index contributed by atoms with van der Waals surface area (Å²) < 4.78 is 5.79. The fourth-order valence-corrected chi connectivity index (χ4v) is 3.55. The van der Waals surface area contributed by atoms with Crippen molar-refractivity contribution in [3.63, 3.8) is 0 Å². The Morgan fingerprint density at radius 1 is 0.968 bits per heavy atom. The normalized spacial score (nSPS) is 11.3. The summed E-state index contributed by atoms with van der Waals surface area (Å²) in [5.41, 5.74) is 5.10. The van der Waals surface area contributed by atoms with Crippen LogP contribution >= 0.6 is 0 Å². The van der Waals surface area contributed by atoms with Crippen LogP contribution in [0.5, 0.6) is 5.75 Å². The summed E-state index contributed by atoms with van der Waals surface area (Å²) in [5.74, 6) is 0.549. The number of H-pyrrole nitrogens is 1. The van der Waals surface area contributed by atoms with E-state index in [1.54, 1.807) is 18.3 Å². The fraction of sp³-hybridized carbons (Fsp3) is 0.385. The molecular formula is C26H33N3O2. The van der Waals surface area contributed by atoms with Crippen LogP contribution in [0.1, 0.15) is 74.2 Å². The molecule has 5 heteroatoms. The molecule has 1 aromatic heterocycles. The Morgan fingerprint density at radius 3 is 2.45 bits per heavy atom. The molecule has 0 spiro atoms. The van der Waals surface area contributed by atoms with Crippen LogP contribution in [-0.2, 0) is 0 Å². The first-order valence-corrected chi connectivity index (χ1v) is 11.4. The number of hydrogen-bond donors (Lipinski definition) is 2. The van der Waals surface area contributed by atoms with Gasteiger partial charge in [-0.1, -0.05) is 70.1 Å². The number of carbonyl (C=O) groups is 1. The summed E-state index contributed by atoms with van der Waals surface area (Å²) >= 11 is 0. The van der Waals surface area contributed by atoms with Crippen LogP contribution in [0.25, 0.3) is 10.9 Å². The number of ether oxygens (including phenoxy) is 1. The molecule has 1 amide bonds. The number of rotatable bonds is 13. The van der Waals surface area contributed by atoms with Crippen molar-refractivity contribution in [2.24, 2.45) is 5.10 Å². The van der Waals surface area contributed by atoms with Gasteiger partial charge in [0.2, 0.25) is 0 Å². The zero-order valence-corrected chi connectivity index (χ0v) is 18.4. The fourth-order valence-electron chi connectivity index (χ4n) is 3.55. The number of benzene rings is 2. The lowest BCUT2D eigenvalue weighted by Crippen LogP contribution is -2.17. The molecule has 2 N–H and O–H groups in total. The molecule has 1 heterocycles. The summed E-state index contributed by atoms with van der Waals surface area (Å²) in [6, 6.07) is 15.2. The summed E-state index contributed by atoms with van der Waals surface area (Å²) in [5, 5.41) is 5.16. The molecule has 0 radical (unpaired) electrons. The van der Waals surface area contributed by atoms with Crippen molar-refractivity contribution >= 4 is 23.0 Å². The zero-order chi connectivity index (χ0) is 21.7. The quantitative estimate of drug-likeness (QED) is 0.190. The van der Waals surface area contributed by atoms with Gasteiger partial charge in [0.1, 0.15) is 5.75 Å². The van der Waals surface area contributed by atoms with Gasteiger partial charge >= 0.3 is 0 Å². The van der Waals surface area contributed by atoms with Gasteiger partial charge in [-0.15, -0.1) is 0 Å². The van der Waals surface area contributed by atoms with Gasteiger partial charge < -0.3 is 9.72 Å². The number of nitrogens with one attached hydrogen (secondary N) is 2. The second-order valence-corrected chi connectivity index (χ2v) is 7.84. The van der Waals surface area contributed by atoms with E-state index in [1.807, 2.05) is 42.6 Å². The van der Waals surface area contributed by atoms with Crippen LogP contribution in [0.3, 0.4) is 0 Å². The summed E-state index contributed by atoms with van der Waals surface area (Å²) in [7, 11) is 0. The van der Waals surface area contributed by atoms with Gasteiger partial charge in [-0.05, 0) is 36.8 Å². The van der Waals surface area contributed by atoms with Crippen LogP contribution in [0.15, 0.2) is 59.8 Å². The molecule has 0 unspecified atom stereocenters. The van der Waals surface area contributed by atoms with Crippen molar-refractivity contribution in [3.05, 3.63) is 65.9 Å². The van der Waals surface area contributed by atoms with Crippen LogP contribution in [0, 0.1) is 0 Å². The van der Waals surface area contributed by atoms with E-state index in [9.17, 15) is 4.79 Å². The molecule has 0 aliphatic rings. The average Bonchev–Trinajstić information content (AvgIpc) is 3.21. The molecule has 0 aliphatic heterocycles. The highest BCUT2D eigenvalue weighted by Crippen LogP contribution is 2.16. The molecule has 0 aliphatic carbocycles. The van der Waals surface area contributed by atoms with Crippen molar-refractivity contribution in [1.29, 1.82) is 0 Å². The van der Waals surface area contributed by atoms with Gasteiger partial charge in [0.25, 0.3) is 5.91 Å². The number of carbonyl (C=O) groups excluding carboxylic acids is 1. The topological polar surface area (TPSA) is 66.5 Å². The number of nitrogens with zero attached hydrogens (tertiary/aromatic N) is 1. The van der Waals surface area contributed by atoms with E-state index in [-0.39, 0.29) is 5.91 Å². The van der Waals surface area contributed by atoms with E-state index in [4.69, 9.17) is 4.74 Å². The van der Waals surface area contributed by atoms with E-state index in [1.165, 1.54) is 44.9 Å². The Bertz CT molecular complexity index is 960. The Morgan fingerprint density at radius 2 is 1.68 bits per heavy atom. The number of hydrazone groups is 1. The van der Waals surface area contributed by atoms with Crippen LogP contribution in [0.4, 0.5) is 0 Å². The molecule has 3 aromatic rings. The lowest BCUT2D eigenvalue weighted by molar-refractivity contribution is 0.0955. The number of unbranched alkanes of at least 4 members (excludes halogenated alkanes) is 7.